The zero-order valence-electron chi connectivity index (χ0n) is 24.8. The van der Waals surface area contributed by atoms with Crippen LogP contribution in [0.25, 0.3) is 50.3 Å². The van der Waals surface area contributed by atoms with Crippen LogP contribution in [0, 0.1) is 35.9 Å². The van der Waals surface area contributed by atoms with Gasteiger partial charge in [0.1, 0.15) is 12.7 Å². The van der Waals surface area contributed by atoms with Gasteiger partial charge in [-0.25, -0.2) is 15.0 Å². The standard InChI is InChI=1S/C37H18F2N6O2.2Pd/c38-29-17-27-28-18-30(39)36(47-26-10-6-8-24(16-26)32-12-2-4-14-42-32)20-34(28)45(37-43-21-40-22-44-37)33(27)19-35(29)46-25-9-5-7-23(15-25)31-11-1-3-13-41-31;;/h1-14,17-18,21-22H;;/q-4;2*+2. The van der Waals surface area contributed by atoms with Gasteiger partial charge in [0.15, 0.2) is 0 Å². The second-order valence-corrected chi connectivity index (χ2v) is 10.2. The Bertz CT molecular complexity index is 2250. The van der Waals surface area contributed by atoms with E-state index in [0.717, 1.165) is 0 Å². The summed E-state index contributed by atoms with van der Waals surface area (Å²) < 4.78 is 44.7. The largest absolute Gasteiger partial charge is 2.00 e. The molecule has 4 aromatic heterocycles. The molecule has 8 rings (SSSR count). The van der Waals surface area contributed by atoms with Crippen molar-refractivity contribution in [2.45, 2.75) is 0 Å². The summed E-state index contributed by atoms with van der Waals surface area (Å²) in [6, 6.07) is 36.3. The Hall–Kier alpha value is -5.23. The van der Waals surface area contributed by atoms with Crippen molar-refractivity contribution in [3.05, 3.63) is 146 Å². The maximum absolute atomic E-state index is 15.6. The molecule has 4 aromatic carbocycles. The van der Waals surface area contributed by atoms with Crippen molar-refractivity contribution in [2.75, 3.05) is 0 Å². The zero-order valence-corrected chi connectivity index (χ0v) is 27.9. The fraction of sp³-hybridized carbons (Fsp3) is 0. The summed E-state index contributed by atoms with van der Waals surface area (Å²) in [5, 5.41) is 0.670. The first-order valence-electron chi connectivity index (χ1n) is 14.3. The minimum Gasteiger partial charge on any atom is -0.500 e. The summed E-state index contributed by atoms with van der Waals surface area (Å²) in [6.45, 7) is 0. The van der Waals surface area contributed by atoms with Gasteiger partial charge in [-0.2, -0.15) is 10.8 Å². The van der Waals surface area contributed by atoms with E-state index in [4.69, 9.17) is 9.47 Å². The SMILES string of the molecule is Fc1cc2c3cc(F)c(Oc4[c-]c(-c5ccccn5)ccc4)[c-]c3n(-c3ncncn3)c2[c-]c1Oc1[c-]c(-c2ccccn2)ccc1.[Pd+2].[Pd+2]. The molecule has 0 N–H and O–H groups in total. The predicted octanol–water partition coefficient (Wildman–Crippen LogP) is 8.15. The van der Waals surface area contributed by atoms with Crippen molar-refractivity contribution < 1.29 is 59.1 Å². The van der Waals surface area contributed by atoms with Crippen molar-refractivity contribution >= 4 is 21.8 Å². The van der Waals surface area contributed by atoms with Crippen LogP contribution in [0.4, 0.5) is 8.78 Å². The molecule has 0 bridgehead atoms. The number of rotatable bonds is 7. The molecule has 4 heterocycles. The van der Waals surface area contributed by atoms with Crippen LogP contribution < -0.4 is 9.47 Å². The zero-order chi connectivity index (χ0) is 31.7. The number of benzene rings is 4. The molecule has 0 unspecified atom stereocenters. The third-order valence-corrected chi connectivity index (χ3v) is 7.21. The molecule has 8 aromatic rings. The second kappa shape index (κ2) is 14.5. The molecule has 49 heavy (non-hydrogen) atoms. The molecular formula is C37H18F2N6O2Pd2. The Balaban J connectivity index is 0.00000208. The van der Waals surface area contributed by atoms with Gasteiger partial charge < -0.3 is 24.0 Å². The van der Waals surface area contributed by atoms with Crippen molar-refractivity contribution in [3.63, 3.8) is 0 Å². The Morgan fingerprint density at radius 2 is 1.04 bits per heavy atom. The summed E-state index contributed by atoms with van der Waals surface area (Å²) in [7, 11) is 0. The van der Waals surface area contributed by atoms with Crippen LogP contribution in [-0.4, -0.2) is 29.5 Å². The normalized spacial score (nSPS) is 10.7. The summed E-state index contributed by atoms with van der Waals surface area (Å²) in [5.41, 5.74) is 3.35. The van der Waals surface area contributed by atoms with Crippen LogP contribution in [0.3, 0.4) is 0 Å². The van der Waals surface area contributed by atoms with E-state index in [2.05, 4.69) is 49.2 Å². The molecule has 0 aliphatic carbocycles. The number of fused-ring (bicyclic) bond motifs is 3. The molecule has 0 radical (unpaired) electrons. The number of hydrogen-bond donors (Lipinski definition) is 0. The summed E-state index contributed by atoms with van der Waals surface area (Å²) in [6.07, 6.45) is 5.98. The summed E-state index contributed by atoms with van der Waals surface area (Å²) >= 11 is 0. The van der Waals surface area contributed by atoms with Crippen molar-refractivity contribution in [2.24, 2.45) is 0 Å². The van der Waals surface area contributed by atoms with Gasteiger partial charge in [-0.05, 0) is 23.5 Å². The molecular weight excluding hydrogens is 811 g/mol. The molecule has 0 aliphatic rings. The summed E-state index contributed by atoms with van der Waals surface area (Å²) in [5.74, 6) is -1.16. The third-order valence-electron chi connectivity index (χ3n) is 7.21. The number of nitrogens with zero attached hydrogens (tertiary/aromatic N) is 6. The van der Waals surface area contributed by atoms with Crippen LogP contribution in [0.1, 0.15) is 0 Å². The van der Waals surface area contributed by atoms with Crippen LogP contribution >= 0.6 is 0 Å². The molecule has 0 saturated carbocycles. The Labute approximate surface area is 306 Å². The Morgan fingerprint density at radius 3 is 1.49 bits per heavy atom. The summed E-state index contributed by atoms with van der Waals surface area (Å²) in [4.78, 5) is 21.2. The molecule has 12 heteroatoms. The molecule has 0 fully saturated rings. The van der Waals surface area contributed by atoms with E-state index in [9.17, 15) is 0 Å². The van der Waals surface area contributed by atoms with Gasteiger partial charge in [-0.3, -0.25) is 8.78 Å². The number of ether oxygens (including phenoxy) is 2. The Kier molecular flexibility index (Phi) is 9.96. The maximum atomic E-state index is 15.6. The fourth-order valence-electron chi connectivity index (χ4n) is 5.14. The molecule has 242 valence electrons. The smallest absolute Gasteiger partial charge is 0.500 e. The van der Waals surface area contributed by atoms with Crippen LogP contribution in [-0.2, 0) is 40.8 Å². The van der Waals surface area contributed by atoms with Crippen LogP contribution in [0.2, 0.25) is 0 Å². The molecule has 0 saturated heterocycles. The van der Waals surface area contributed by atoms with E-state index >= 15 is 8.78 Å². The topological polar surface area (TPSA) is 87.8 Å². The van der Waals surface area contributed by atoms with Gasteiger partial charge in [-0.1, -0.05) is 47.4 Å². The van der Waals surface area contributed by atoms with Gasteiger partial charge in [0.25, 0.3) is 0 Å². The average molecular weight is 829 g/mol. The Morgan fingerprint density at radius 1 is 0.551 bits per heavy atom. The number of hydrogen-bond acceptors (Lipinski definition) is 7. The second-order valence-electron chi connectivity index (χ2n) is 10.2. The number of pyridine rings is 2. The minimum absolute atomic E-state index is 0. The van der Waals surface area contributed by atoms with Gasteiger partial charge in [0.2, 0.25) is 5.95 Å². The third kappa shape index (κ3) is 6.73. The minimum atomic E-state index is -0.717. The van der Waals surface area contributed by atoms with Crippen LogP contribution in [0.5, 0.6) is 23.0 Å². The van der Waals surface area contributed by atoms with Gasteiger partial charge in [0.05, 0.1) is 0 Å². The molecule has 0 atom stereocenters. The molecule has 0 spiro atoms. The molecule has 0 aliphatic heterocycles. The van der Waals surface area contributed by atoms with Gasteiger partial charge in [-0.15, -0.1) is 71.8 Å². The van der Waals surface area contributed by atoms with Crippen molar-refractivity contribution in [1.82, 2.24) is 29.5 Å². The monoisotopic (exact) mass is 828 g/mol. The molecule has 0 amide bonds. The van der Waals surface area contributed by atoms with E-state index in [1.165, 1.54) is 24.8 Å². The van der Waals surface area contributed by atoms with Crippen molar-refractivity contribution in [3.8, 4) is 51.5 Å². The first-order valence-corrected chi connectivity index (χ1v) is 14.3. The fourth-order valence-corrected chi connectivity index (χ4v) is 5.14. The van der Waals surface area contributed by atoms with E-state index in [1.54, 1.807) is 41.2 Å². The maximum Gasteiger partial charge on any atom is 2.00 e. The van der Waals surface area contributed by atoms with Gasteiger partial charge >= 0.3 is 40.8 Å². The van der Waals surface area contributed by atoms with Crippen LogP contribution in [0.15, 0.2) is 110 Å². The van der Waals surface area contributed by atoms with Gasteiger partial charge in [0, 0.05) is 47.0 Å². The van der Waals surface area contributed by atoms with Crippen molar-refractivity contribution in [1.29, 1.82) is 0 Å². The first-order chi connectivity index (χ1) is 23.1. The number of halogens is 2. The predicted molar refractivity (Wildman–Crippen MR) is 169 cm³/mol. The van der Waals surface area contributed by atoms with E-state index in [-0.39, 0.29) is 69.8 Å². The molecule has 8 nitrogen and oxygen atoms in total. The number of aromatic nitrogens is 6. The first kappa shape index (κ1) is 33.7. The van der Waals surface area contributed by atoms with E-state index in [1.807, 2.05) is 48.5 Å². The van der Waals surface area contributed by atoms with E-state index < -0.39 is 11.6 Å². The quantitative estimate of drug-likeness (QED) is 0.118. The van der Waals surface area contributed by atoms with E-state index in [0.29, 0.717) is 44.3 Å². The average Bonchev–Trinajstić information content (AvgIpc) is 3.41.